The van der Waals surface area contributed by atoms with E-state index in [1.54, 1.807) is 6.07 Å². The number of amides is 1. The van der Waals surface area contributed by atoms with Crippen LogP contribution in [0, 0.1) is 12.8 Å². The number of ketones is 1. The topological polar surface area (TPSA) is 105 Å². The molecule has 9 heteroatoms. The van der Waals surface area contributed by atoms with Crippen LogP contribution in [0.3, 0.4) is 0 Å². The van der Waals surface area contributed by atoms with Crippen molar-refractivity contribution in [1.82, 2.24) is 19.7 Å². The van der Waals surface area contributed by atoms with Gasteiger partial charge in [-0.15, -0.1) is 0 Å². The lowest BCUT2D eigenvalue weighted by molar-refractivity contribution is -0.117. The van der Waals surface area contributed by atoms with Gasteiger partial charge in [0.25, 0.3) is 0 Å². The molecule has 3 aromatic rings. The van der Waals surface area contributed by atoms with E-state index in [0.717, 1.165) is 30.0 Å². The van der Waals surface area contributed by atoms with Crippen molar-refractivity contribution in [1.29, 1.82) is 0 Å². The third-order valence-electron chi connectivity index (χ3n) is 5.91. The van der Waals surface area contributed by atoms with Crippen molar-refractivity contribution in [2.75, 3.05) is 29.1 Å². The maximum absolute atomic E-state index is 12.9. The largest absolute Gasteiger partial charge is 0.371 e. The molecule has 170 valence electrons. The number of aryl methyl sites for hydroxylation is 1. The molecule has 1 fully saturated rings. The van der Waals surface area contributed by atoms with Gasteiger partial charge in [-0.3, -0.25) is 9.59 Å². The fraction of sp³-hybridized carbons (Fsp3) is 0.375. The van der Waals surface area contributed by atoms with Crippen LogP contribution in [0.4, 0.5) is 22.9 Å². The van der Waals surface area contributed by atoms with E-state index in [4.69, 9.17) is 4.11 Å². The van der Waals surface area contributed by atoms with Crippen LogP contribution in [-0.4, -0.2) is 45.0 Å². The lowest BCUT2D eigenvalue weighted by atomic mass is 10.1. The zero-order chi connectivity index (χ0) is 25.6. The standard InChI is InChI=1S/C24H27N7O2/c1-4-20(32)16-13-25-21(28-24(33)15-8-9-15)12-18(16)27-17-6-5-7-19-23(17)30(3)11-10-22-26-14(2)29-31(19)22/h5-7,12-13,15H,4,8-11H2,1-3H3,(H2,25,27,28,33)/i1D3. The van der Waals surface area contributed by atoms with Gasteiger partial charge in [0.2, 0.25) is 5.91 Å². The van der Waals surface area contributed by atoms with Crippen LogP contribution in [0.15, 0.2) is 30.5 Å². The van der Waals surface area contributed by atoms with Crippen molar-refractivity contribution >= 4 is 34.6 Å². The third-order valence-corrected chi connectivity index (χ3v) is 5.91. The number of hydrogen-bond donors (Lipinski definition) is 2. The number of carbonyl (C=O) groups excluding carboxylic acids is 2. The van der Waals surface area contributed by atoms with E-state index in [-0.39, 0.29) is 17.4 Å². The van der Waals surface area contributed by atoms with Crippen LogP contribution in [0.1, 0.15) is 52.2 Å². The van der Waals surface area contributed by atoms with Gasteiger partial charge in [0.1, 0.15) is 17.5 Å². The lowest BCUT2D eigenvalue weighted by Gasteiger charge is -2.24. The van der Waals surface area contributed by atoms with Gasteiger partial charge in [0.05, 0.1) is 28.3 Å². The molecule has 1 aliphatic heterocycles. The molecule has 9 nitrogen and oxygen atoms in total. The smallest absolute Gasteiger partial charge is 0.228 e. The lowest BCUT2D eigenvalue weighted by Crippen LogP contribution is -2.21. The van der Waals surface area contributed by atoms with E-state index in [1.165, 1.54) is 6.20 Å². The van der Waals surface area contributed by atoms with E-state index < -0.39 is 19.1 Å². The predicted molar refractivity (Wildman–Crippen MR) is 127 cm³/mol. The number of Topliss-reactive ketones (excluding diaryl/α,β-unsaturated/α-hetero) is 1. The molecule has 0 unspecified atom stereocenters. The second kappa shape index (κ2) is 8.31. The van der Waals surface area contributed by atoms with Crippen molar-refractivity contribution in [3.63, 3.8) is 0 Å². The molecule has 0 bridgehead atoms. The summed E-state index contributed by atoms with van der Waals surface area (Å²) < 4.78 is 24.4. The summed E-state index contributed by atoms with van der Waals surface area (Å²) in [5.74, 6) is 1.15. The van der Waals surface area contributed by atoms with Gasteiger partial charge in [0, 0.05) is 48.7 Å². The average Bonchev–Trinajstić information content (AvgIpc) is 3.60. The molecule has 2 aromatic heterocycles. The number of likely N-dealkylation sites (N-methyl/N-ethyl adjacent to an activating group) is 1. The first-order chi connectivity index (χ1) is 17.1. The van der Waals surface area contributed by atoms with Crippen LogP contribution >= 0.6 is 0 Å². The molecule has 33 heavy (non-hydrogen) atoms. The molecule has 0 atom stereocenters. The van der Waals surface area contributed by atoms with Crippen molar-refractivity contribution < 1.29 is 13.7 Å². The summed E-state index contributed by atoms with van der Waals surface area (Å²) in [7, 11) is 1.97. The van der Waals surface area contributed by atoms with Crippen LogP contribution < -0.4 is 15.5 Å². The SMILES string of the molecule is [2H]C([2H])([2H])CC(=O)c1cnc(NC(=O)C2CC2)cc1Nc1cccc2c1N(C)CCc1nc(C)nn1-2. The number of fused-ring (bicyclic) bond motifs is 3. The number of aromatic nitrogens is 4. The number of rotatable bonds is 6. The predicted octanol–water partition coefficient (Wildman–Crippen LogP) is 3.65. The molecule has 2 aliphatic rings. The van der Waals surface area contributed by atoms with Crippen molar-refractivity contribution in [3.8, 4) is 5.69 Å². The Balaban J connectivity index is 1.56. The van der Waals surface area contributed by atoms with E-state index in [0.29, 0.717) is 36.0 Å². The van der Waals surface area contributed by atoms with Crippen LogP contribution in [0.2, 0.25) is 0 Å². The number of para-hydroxylation sites is 1. The van der Waals surface area contributed by atoms with Crippen LogP contribution in [-0.2, 0) is 11.2 Å². The number of nitrogens with one attached hydrogen (secondary N) is 2. The summed E-state index contributed by atoms with van der Waals surface area (Å²) in [5.41, 5.74) is 2.90. The highest BCUT2D eigenvalue weighted by atomic mass is 16.2. The van der Waals surface area contributed by atoms with E-state index in [9.17, 15) is 9.59 Å². The summed E-state index contributed by atoms with van der Waals surface area (Å²) in [6.07, 6.45) is 3.10. The van der Waals surface area contributed by atoms with Gasteiger partial charge in [-0.05, 0) is 31.9 Å². The normalized spacial score (nSPS) is 16.5. The molecule has 0 spiro atoms. The third kappa shape index (κ3) is 4.06. The Kier molecular flexibility index (Phi) is 4.47. The molecule has 1 saturated carbocycles. The molecule has 1 aliphatic carbocycles. The summed E-state index contributed by atoms with van der Waals surface area (Å²) in [6.45, 7) is 0.136. The number of carbonyl (C=O) groups is 2. The Morgan fingerprint density at radius 3 is 2.91 bits per heavy atom. The minimum atomic E-state index is -2.42. The van der Waals surface area contributed by atoms with Gasteiger partial charge in [0.15, 0.2) is 5.78 Å². The second-order valence-electron chi connectivity index (χ2n) is 8.44. The number of hydrogen-bond acceptors (Lipinski definition) is 7. The molecule has 0 radical (unpaired) electrons. The molecule has 0 saturated heterocycles. The summed E-state index contributed by atoms with van der Waals surface area (Å²) in [6, 6.07) is 7.29. The fourth-order valence-corrected chi connectivity index (χ4v) is 4.06. The molecular weight excluding hydrogens is 418 g/mol. The number of anilines is 4. The first-order valence-electron chi connectivity index (χ1n) is 12.5. The minimum absolute atomic E-state index is 0.0149. The zero-order valence-electron chi connectivity index (χ0n) is 21.6. The molecule has 3 heterocycles. The van der Waals surface area contributed by atoms with Gasteiger partial charge in [-0.25, -0.2) is 14.6 Å². The Labute approximate surface area is 196 Å². The van der Waals surface area contributed by atoms with Crippen molar-refractivity contribution in [2.24, 2.45) is 5.92 Å². The first kappa shape index (κ1) is 17.8. The van der Waals surface area contributed by atoms with Gasteiger partial charge in [-0.1, -0.05) is 12.9 Å². The van der Waals surface area contributed by atoms with E-state index in [1.807, 2.05) is 36.9 Å². The molecular formula is C24H27N7O2. The van der Waals surface area contributed by atoms with Gasteiger partial charge in [-0.2, -0.15) is 5.10 Å². The van der Waals surface area contributed by atoms with Gasteiger partial charge >= 0.3 is 0 Å². The zero-order valence-corrected chi connectivity index (χ0v) is 18.6. The minimum Gasteiger partial charge on any atom is -0.371 e. The van der Waals surface area contributed by atoms with Crippen molar-refractivity contribution in [2.45, 2.75) is 39.5 Å². The molecule has 5 rings (SSSR count). The monoisotopic (exact) mass is 448 g/mol. The summed E-state index contributed by atoms with van der Waals surface area (Å²) in [5, 5.41) is 10.7. The van der Waals surface area contributed by atoms with Crippen LogP contribution in [0.25, 0.3) is 5.69 Å². The fourth-order valence-electron chi connectivity index (χ4n) is 4.06. The molecule has 2 N–H and O–H groups in total. The number of pyridine rings is 1. The first-order valence-corrected chi connectivity index (χ1v) is 11.0. The number of benzene rings is 1. The maximum atomic E-state index is 12.9. The summed E-state index contributed by atoms with van der Waals surface area (Å²) >= 11 is 0. The number of nitrogens with zero attached hydrogens (tertiary/aromatic N) is 5. The highest BCUT2D eigenvalue weighted by Gasteiger charge is 2.30. The highest BCUT2D eigenvalue weighted by Crippen LogP contribution is 2.37. The Bertz CT molecular complexity index is 1350. The Morgan fingerprint density at radius 1 is 1.27 bits per heavy atom. The van der Waals surface area contributed by atoms with Gasteiger partial charge < -0.3 is 15.5 Å². The molecule has 1 aromatic carbocycles. The second-order valence-corrected chi connectivity index (χ2v) is 8.44. The Morgan fingerprint density at radius 2 is 2.12 bits per heavy atom. The average molecular weight is 449 g/mol. The van der Waals surface area contributed by atoms with E-state index in [2.05, 4.69) is 30.6 Å². The summed E-state index contributed by atoms with van der Waals surface area (Å²) in [4.78, 5) is 36.1. The van der Waals surface area contributed by atoms with Crippen LogP contribution in [0.5, 0.6) is 0 Å². The highest BCUT2D eigenvalue weighted by molar-refractivity contribution is 6.03. The van der Waals surface area contributed by atoms with Crippen molar-refractivity contribution in [3.05, 3.63) is 47.7 Å². The Hall–Kier alpha value is -3.75. The quantitative estimate of drug-likeness (QED) is 0.555. The van der Waals surface area contributed by atoms with E-state index >= 15 is 0 Å². The maximum Gasteiger partial charge on any atom is 0.228 e. The molecule has 1 amide bonds.